The van der Waals surface area contributed by atoms with Gasteiger partial charge in [-0.3, -0.25) is 0 Å². The van der Waals surface area contributed by atoms with Gasteiger partial charge in [0.05, 0.1) is 22.4 Å². The van der Waals surface area contributed by atoms with Crippen LogP contribution in [0.15, 0.2) is 203 Å². The van der Waals surface area contributed by atoms with Crippen LogP contribution in [0.2, 0.25) is 0 Å². The number of hydrogen-bond donors (Lipinski definition) is 0. The number of hydrogen-bond acceptors (Lipinski definition) is 6. The maximum absolute atomic E-state index is 6.05. The summed E-state index contributed by atoms with van der Waals surface area (Å²) in [4.78, 5) is 20.5. The molecule has 9 aromatic carbocycles. The van der Waals surface area contributed by atoms with E-state index in [0.717, 1.165) is 111 Å². The number of aryl methyl sites for hydroxylation is 4. The van der Waals surface area contributed by atoms with E-state index in [1.807, 2.05) is 48.5 Å². The fourth-order valence-electron chi connectivity index (χ4n) is 9.49. The first kappa shape index (κ1) is 40.7. The average molecular weight is 877 g/mol. The van der Waals surface area contributed by atoms with Gasteiger partial charge in [-0.2, -0.15) is 0 Å². The molecule has 0 bridgehead atoms. The van der Waals surface area contributed by atoms with E-state index in [9.17, 15) is 0 Å². The minimum absolute atomic E-state index is 0.611. The lowest BCUT2D eigenvalue weighted by Gasteiger charge is -2.17. The molecule has 0 aliphatic carbocycles. The SMILES string of the molecule is Cc1cc(C)cc(-c2cc3nc(-c4ccc(-c5ccc(-c6nc7ccccc7o6)cc5)cc4)c(-c4ccc(-c5ccc(-c6nc7ccccc7o6)cc5)cc4)nc3cc2-c2cc(C)cc(C)c2)c1. The molecule has 0 N–H and O–H groups in total. The van der Waals surface area contributed by atoms with E-state index >= 15 is 0 Å². The summed E-state index contributed by atoms with van der Waals surface area (Å²) in [7, 11) is 0. The Labute approximate surface area is 394 Å². The van der Waals surface area contributed by atoms with E-state index in [-0.39, 0.29) is 0 Å². The van der Waals surface area contributed by atoms with Crippen molar-refractivity contribution >= 4 is 33.2 Å². The van der Waals surface area contributed by atoms with Crippen molar-refractivity contribution in [2.75, 3.05) is 0 Å². The van der Waals surface area contributed by atoms with Gasteiger partial charge in [0, 0.05) is 22.3 Å². The van der Waals surface area contributed by atoms with Crippen LogP contribution in [0.4, 0.5) is 0 Å². The molecule has 12 aromatic rings. The Morgan fingerprint density at radius 2 is 0.574 bits per heavy atom. The number of para-hydroxylation sites is 4. The Morgan fingerprint density at radius 1 is 0.265 bits per heavy atom. The number of rotatable bonds is 8. The standard InChI is InChI=1S/C62H44N4O2/c1-37-29-38(2)32-49(31-37)51-35-55-56(36-52(51)50-33-39(3)30-40(4)34-50)64-60(46-23-15-42(16-24-46)44-19-27-48(28-20-44)62-66-54-10-6-8-12-58(54)68-62)59(63-55)45-21-13-41(14-22-45)43-17-25-47(26-18-43)61-65-53-9-5-7-11-57(53)67-61/h5-36H,1-4H3. The molecule has 12 rings (SSSR count). The zero-order chi connectivity index (χ0) is 45.9. The molecule has 0 amide bonds. The van der Waals surface area contributed by atoms with Crippen molar-refractivity contribution in [3.8, 4) is 89.9 Å². The van der Waals surface area contributed by atoms with Gasteiger partial charge in [0.15, 0.2) is 11.2 Å². The fourth-order valence-corrected chi connectivity index (χ4v) is 9.49. The first-order chi connectivity index (χ1) is 33.2. The Morgan fingerprint density at radius 3 is 0.912 bits per heavy atom. The summed E-state index contributed by atoms with van der Waals surface area (Å²) in [6.07, 6.45) is 0. The van der Waals surface area contributed by atoms with E-state index in [1.54, 1.807) is 0 Å². The molecule has 68 heavy (non-hydrogen) atoms. The highest BCUT2D eigenvalue weighted by Gasteiger charge is 2.19. The monoisotopic (exact) mass is 876 g/mol. The van der Waals surface area contributed by atoms with Crippen LogP contribution in [0.1, 0.15) is 22.3 Å². The van der Waals surface area contributed by atoms with Gasteiger partial charge in [0.1, 0.15) is 11.0 Å². The highest BCUT2D eigenvalue weighted by molar-refractivity contribution is 5.96. The third-order valence-corrected chi connectivity index (χ3v) is 12.7. The van der Waals surface area contributed by atoms with Crippen molar-refractivity contribution in [2.24, 2.45) is 0 Å². The van der Waals surface area contributed by atoms with E-state index in [0.29, 0.717) is 11.8 Å². The second-order valence-corrected chi connectivity index (χ2v) is 17.8. The maximum atomic E-state index is 6.05. The molecule has 0 unspecified atom stereocenters. The summed E-state index contributed by atoms with van der Waals surface area (Å²) < 4.78 is 12.1. The molecule has 0 fully saturated rings. The molecule has 0 saturated carbocycles. The minimum atomic E-state index is 0.611. The number of nitrogens with zero attached hydrogens (tertiary/aromatic N) is 4. The van der Waals surface area contributed by atoms with Gasteiger partial charge < -0.3 is 8.83 Å². The van der Waals surface area contributed by atoms with Crippen LogP contribution in [0.25, 0.3) is 123 Å². The lowest BCUT2D eigenvalue weighted by atomic mass is 9.90. The van der Waals surface area contributed by atoms with Gasteiger partial charge in [-0.15, -0.1) is 0 Å². The number of oxazole rings is 2. The summed E-state index contributed by atoms with van der Waals surface area (Å²) in [5.74, 6) is 1.22. The maximum Gasteiger partial charge on any atom is 0.227 e. The van der Waals surface area contributed by atoms with Crippen molar-refractivity contribution in [1.82, 2.24) is 19.9 Å². The van der Waals surface area contributed by atoms with E-state index in [1.165, 1.54) is 22.3 Å². The molecule has 0 saturated heterocycles. The number of benzene rings is 9. The molecule has 0 radical (unpaired) electrons. The van der Waals surface area contributed by atoms with Gasteiger partial charge in [0.2, 0.25) is 11.8 Å². The largest absolute Gasteiger partial charge is 0.436 e. The smallest absolute Gasteiger partial charge is 0.227 e. The normalized spacial score (nSPS) is 11.5. The Kier molecular flexibility index (Phi) is 9.95. The molecule has 0 aliphatic heterocycles. The van der Waals surface area contributed by atoms with Crippen molar-refractivity contribution in [3.63, 3.8) is 0 Å². The average Bonchev–Trinajstić information content (AvgIpc) is 4.01. The topological polar surface area (TPSA) is 77.8 Å². The Bertz CT molecular complexity index is 3500. The van der Waals surface area contributed by atoms with Gasteiger partial charge >= 0.3 is 0 Å². The van der Waals surface area contributed by atoms with Crippen LogP contribution in [-0.4, -0.2) is 19.9 Å². The van der Waals surface area contributed by atoms with E-state index in [2.05, 4.69) is 173 Å². The fraction of sp³-hybridized carbons (Fsp3) is 0.0645. The molecule has 6 nitrogen and oxygen atoms in total. The minimum Gasteiger partial charge on any atom is -0.436 e. The Balaban J connectivity index is 0.951. The first-order valence-corrected chi connectivity index (χ1v) is 22.9. The van der Waals surface area contributed by atoms with Crippen LogP contribution in [-0.2, 0) is 0 Å². The lowest BCUT2D eigenvalue weighted by molar-refractivity contribution is 0.619. The number of fused-ring (bicyclic) bond motifs is 3. The first-order valence-electron chi connectivity index (χ1n) is 22.9. The molecule has 6 heteroatoms. The second-order valence-electron chi connectivity index (χ2n) is 17.8. The molecule has 0 atom stereocenters. The molecule has 0 spiro atoms. The van der Waals surface area contributed by atoms with Crippen LogP contribution < -0.4 is 0 Å². The predicted molar refractivity (Wildman–Crippen MR) is 277 cm³/mol. The van der Waals surface area contributed by atoms with Gasteiger partial charge in [0.25, 0.3) is 0 Å². The second kappa shape index (κ2) is 16.6. The van der Waals surface area contributed by atoms with Crippen molar-refractivity contribution in [3.05, 3.63) is 216 Å². The number of aromatic nitrogens is 4. The molecule has 3 heterocycles. The van der Waals surface area contributed by atoms with Crippen molar-refractivity contribution in [2.45, 2.75) is 27.7 Å². The van der Waals surface area contributed by atoms with Gasteiger partial charge in [-0.1, -0.05) is 156 Å². The van der Waals surface area contributed by atoms with Crippen molar-refractivity contribution in [1.29, 1.82) is 0 Å². The third kappa shape index (κ3) is 7.72. The highest BCUT2D eigenvalue weighted by Crippen LogP contribution is 2.40. The zero-order valence-electron chi connectivity index (χ0n) is 38.1. The van der Waals surface area contributed by atoms with E-state index < -0.39 is 0 Å². The summed E-state index contributed by atoms with van der Waals surface area (Å²) in [6.45, 7) is 8.64. The van der Waals surface area contributed by atoms with E-state index in [4.69, 9.17) is 28.8 Å². The quantitative estimate of drug-likeness (QED) is 0.151. The molecular formula is C62H44N4O2. The predicted octanol–water partition coefficient (Wildman–Crippen LogP) is 16.5. The van der Waals surface area contributed by atoms with Crippen LogP contribution >= 0.6 is 0 Å². The molecule has 0 aliphatic rings. The van der Waals surface area contributed by atoms with Crippen LogP contribution in [0.5, 0.6) is 0 Å². The van der Waals surface area contributed by atoms with Crippen molar-refractivity contribution < 1.29 is 8.83 Å². The summed E-state index contributed by atoms with van der Waals surface area (Å²) in [6, 6.07) is 67.7. The van der Waals surface area contributed by atoms with Crippen LogP contribution in [0, 0.1) is 27.7 Å². The highest BCUT2D eigenvalue weighted by atomic mass is 16.4. The lowest BCUT2D eigenvalue weighted by Crippen LogP contribution is -1.98. The summed E-state index contributed by atoms with van der Waals surface area (Å²) in [5.41, 5.74) is 24.2. The molecular weight excluding hydrogens is 833 g/mol. The zero-order valence-corrected chi connectivity index (χ0v) is 38.1. The van der Waals surface area contributed by atoms with Gasteiger partial charge in [-0.25, -0.2) is 19.9 Å². The summed E-state index contributed by atoms with van der Waals surface area (Å²) >= 11 is 0. The molecule has 3 aromatic heterocycles. The third-order valence-electron chi connectivity index (χ3n) is 12.7. The Hall–Kier alpha value is -8.74. The van der Waals surface area contributed by atoms with Crippen LogP contribution in [0.3, 0.4) is 0 Å². The molecule has 324 valence electrons. The van der Waals surface area contributed by atoms with Gasteiger partial charge in [-0.05, 0) is 133 Å². The summed E-state index contributed by atoms with van der Waals surface area (Å²) in [5, 5.41) is 0.